The Balaban J connectivity index is 1.55. The number of aliphatic hydroxyl groups excluding tert-OH is 1. The zero-order valence-corrected chi connectivity index (χ0v) is 22.1. The molecule has 8 nitrogen and oxygen atoms in total. The number of carbonyl (C=O) groups is 2. The Hall–Kier alpha value is -5.11. The molecule has 8 heteroatoms. The van der Waals surface area contributed by atoms with Crippen LogP contribution in [-0.2, 0) is 22.7 Å². The van der Waals surface area contributed by atoms with Crippen molar-refractivity contribution in [2.75, 3.05) is 7.11 Å². The molecule has 2 N–H and O–H groups in total. The minimum absolute atomic E-state index is 0.0531. The van der Waals surface area contributed by atoms with Gasteiger partial charge in [0.2, 0.25) is 0 Å². The van der Waals surface area contributed by atoms with Gasteiger partial charge in [-0.2, -0.15) is 0 Å². The van der Waals surface area contributed by atoms with Crippen molar-refractivity contribution in [2.24, 2.45) is 0 Å². The van der Waals surface area contributed by atoms with Crippen LogP contribution in [0.5, 0.6) is 17.2 Å². The summed E-state index contributed by atoms with van der Waals surface area (Å²) in [5, 5.41) is 21.7. The maximum Gasteiger partial charge on any atom is 0.295 e. The fourth-order valence-electron chi connectivity index (χ4n) is 4.82. The number of nitrogens with zero attached hydrogens (tertiary/aromatic N) is 2. The van der Waals surface area contributed by atoms with E-state index in [1.807, 2.05) is 30.3 Å². The number of methoxy groups -OCH3 is 1. The minimum atomic E-state index is -0.928. The number of hydrogen-bond acceptors (Lipinski definition) is 7. The van der Waals surface area contributed by atoms with E-state index in [1.54, 1.807) is 61.8 Å². The summed E-state index contributed by atoms with van der Waals surface area (Å²) in [6, 6.07) is 22.1. The molecule has 1 aromatic heterocycles. The van der Waals surface area contributed by atoms with Gasteiger partial charge >= 0.3 is 0 Å². The normalized spacial score (nSPS) is 16.2. The second-order valence-electron chi connectivity index (χ2n) is 9.47. The number of pyridine rings is 1. The van der Waals surface area contributed by atoms with Crippen LogP contribution in [0.3, 0.4) is 0 Å². The van der Waals surface area contributed by atoms with E-state index in [2.05, 4.69) is 4.98 Å². The second kappa shape index (κ2) is 11.3. The highest BCUT2D eigenvalue weighted by atomic mass is 16.5. The standard InChI is InChI=1S/C32H28N2O6/c1-20-15-24(40-19-21-7-4-3-5-8-21)11-12-25(20)30(36)28-29(23-10-13-26(35)27(16-23)39-2)34(32(38)31(28)37)18-22-9-6-14-33-17-22/h3-17,29,35-36H,18-19H2,1-2H3/t29-/m1/s1. The first kappa shape index (κ1) is 26.5. The van der Waals surface area contributed by atoms with E-state index in [4.69, 9.17) is 9.47 Å². The number of carbonyl (C=O) groups excluding carboxylic acids is 2. The minimum Gasteiger partial charge on any atom is -0.507 e. The van der Waals surface area contributed by atoms with Crippen LogP contribution >= 0.6 is 0 Å². The Bertz CT molecular complexity index is 1580. The van der Waals surface area contributed by atoms with Crippen LogP contribution in [0.4, 0.5) is 0 Å². The zero-order chi connectivity index (χ0) is 28.2. The molecule has 0 spiro atoms. The van der Waals surface area contributed by atoms with Crippen molar-refractivity contribution in [3.05, 3.63) is 125 Å². The molecule has 2 heterocycles. The van der Waals surface area contributed by atoms with Crippen LogP contribution in [0.15, 0.2) is 96.8 Å². The fourth-order valence-corrected chi connectivity index (χ4v) is 4.82. The Kier molecular flexibility index (Phi) is 7.50. The number of aromatic nitrogens is 1. The monoisotopic (exact) mass is 536 g/mol. The molecule has 5 rings (SSSR count). The molecular weight excluding hydrogens is 508 g/mol. The Labute approximate surface area is 231 Å². The number of likely N-dealkylation sites (tertiary alicyclic amines) is 1. The number of ether oxygens (including phenoxy) is 2. The Morgan fingerprint density at radius 3 is 2.45 bits per heavy atom. The van der Waals surface area contributed by atoms with E-state index in [-0.39, 0.29) is 29.4 Å². The molecule has 1 atom stereocenters. The third-order valence-corrected chi connectivity index (χ3v) is 6.84. The number of phenolic OH excluding ortho intramolecular Hbond substituents is 1. The molecule has 1 aliphatic rings. The van der Waals surface area contributed by atoms with Crippen LogP contribution in [0.1, 0.15) is 33.9 Å². The molecule has 1 saturated heterocycles. The van der Waals surface area contributed by atoms with Gasteiger partial charge in [-0.15, -0.1) is 0 Å². The van der Waals surface area contributed by atoms with Gasteiger partial charge in [0.05, 0.1) is 18.7 Å². The summed E-state index contributed by atoms with van der Waals surface area (Å²) in [4.78, 5) is 32.3. The first-order valence-electron chi connectivity index (χ1n) is 12.7. The zero-order valence-electron chi connectivity index (χ0n) is 22.1. The molecule has 40 heavy (non-hydrogen) atoms. The highest BCUT2D eigenvalue weighted by molar-refractivity contribution is 6.46. The number of rotatable bonds is 8. The van der Waals surface area contributed by atoms with Crippen molar-refractivity contribution >= 4 is 17.4 Å². The van der Waals surface area contributed by atoms with Crippen molar-refractivity contribution in [3.8, 4) is 17.2 Å². The van der Waals surface area contributed by atoms with Gasteiger partial charge in [-0.25, -0.2) is 0 Å². The summed E-state index contributed by atoms with van der Waals surface area (Å²) >= 11 is 0. The van der Waals surface area contributed by atoms with E-state index in [1.165, 1.54) is 18.1 Å². The number of benzene rings is 3. The predicted octanol–water partition coefficient (Wildman–Crippen LogP) is 5.31. The Morgan fingerprint density at radius 1 is 0.975 bits per heavy atom. The summed E-state index contributed by atoms with van der Waals surface area (Å²) in [5.74, 6) is -1.14. The molecule has 0 radical (unpaired) electrons. The molecule has 1 amide bonds. The lowest BCUT2D eigenvalue weighted by Crippen LogP contribution is -2.29. The molecule has 3 aromatic carbocycles. The van der Waals surface area contributed by atoms with Gasteiger partial charge in [-0.3, -0.25) is 14.6 Å². The fraction of sp³-hybridized carbons (Fsp3) is 0.156. The molecule has 0 bridgehead atoms. The summed E-state index contributed by atoms with van der Waals surface area (Å²) in [6.07, 6.45) is 3.24. The lowest BCUT2D eigenvalue weighted by molar-refractivity contribution is -0.140. The van der Waals surface area contributed by atoms with E-state index in [9.17, 15) is 19.8 Å². The van der Waals surface area contributed by atoms with E-state index < -0.39 is 17.7 Å². The molecule has 202 valence electrons. The number of aromatic hydroxyl groups is 1. The first-order chi connectivity index (χ1) is 19.4. The summed E-state index contributed by atoms with van der Waals surface area (Å²) in [7, 11) is 1.41. The molecule has 0 saturated carbocycles. The molecule has 0 aliphatic carbocycles. The van der Waals surface area contributed by atoms with Crippen LogP contribution < -0.4 is 9.47 Å². The van der Waals surface area contributed by atoms with Gasteiger partial charge in [-0.1, -0.05) is 42.5 Å². The van der Waals surface area contributed by atoms with E-state index >= 15 is 0 Å². The average Bonchev–Trinajstić information content (AvgIpc) is 3.22. The lowest BCUT2D eigenvalue weighted by atomic mass is 9.93. The molecule has 1 aliphatic heterocycles. The van der Waals surface area contributed by atoms with Gasteiger partial charge < -0.3 is 24.6 Å². The lowest BCUT2D eigenvalue weighted by Gasteiger charge is -2.26. The quantitative estimate of drug-likeness (QED) is 0.179. The molecule has 0 unspecified atom stereocenters. The van der Waals surface area contributed by atoms with Crippen LogP contribution in [0.2, 0.25) is 0 Å². The van der Waals surface area contributed by atoms with Crippen molar-refractivity contribution in [1.29, 1.82) is 0 Å². The first-order valence-corrected chi connectivity index (χ1v) is 12.7. The molecule has 4 aromatic rings. The van der Waals surface area contributed by atoms with Gasteiger partial charge in [0, 0.05) is 24.5 Å². The largest absolute Gasteiger partial charge is 0.507 e. The Morgan fingerprint density at radius 2 is 1.75 bits per heavy atom. The number of hydrogen-bond donors (Lipinski definition) is 2. The topological polar surface area (TPSA) is 109 Å². The van der Waals surface area contributed by atoms with Crippen molar-refractivity contribution < 1.29 is 29.3 Å². The maximum absolute atomic E-state index is 13.4. The van der Waals surface area contributed by atoms with Gasteiger partial charge in [0.15, 0.2) is 11.5 Å². The third kappa shape index (κ3) is 5.24. The summed E-state index contributed by atoms with van der Waals surface area (Å²) in [6.45, 7) is 2.27. The number of phenols is 1. The number of amides is 1. The van der Waals surface area contributed by atoms with Crippen LogP contribution in [0, 0.1) is 6.92 Å². The average molecular weight is 537 g/mol. The number of Topliss-reactive ketones (excluding diaryl/α,β-unsaturated/α-hetero) is 1. The summed E-state index contributed by atoms with van der Waals surface area (Å²) in [5.41, 5.74) is 3.26. The molecular formula is C32H28N2O6. The van der Waals surface area contributed by atoms with E-state index in [0.717, 1.165) is 11.1 Å². The second-order valence-corrected chi connectivity index (χ2v) is 9.47. The van der Waals surface area contributed by atoms with Crippen LogP contribution in [0.25, 0.3) is 5.76 Å². The van der Waals surface area contributed by atoms with Gasteiger partial charge in [0.25, 0.3) is 11.7 Å². The van der Waals surface area contributed by atoms with Crippen molar-refractivity contribution in [1.82, 2.24) is 9.88 Å². The maximum atomic E-state index is 13.4. The highest BCUT2D eigenvalue weighted by Crippen LogP contribution is 2.43. The molecule has 1 fully saturated rings. The number of aliphatic hydroxyl groups is 1. The predicted molar refractivity (Wildman–Crippen MR) is 149 cm³/mol. The SMILES string of the molecule is COc1cc([C@@H]2C(=C(O)c3ccc(OCc4ccccc4)cc3C)C(=O)C(=O)N2Cc2cccnc2)ccc1O. The van der Waals surface area contributed by atoms with E-state index in [0.29, 0.717) is 29.0 Å². The third-order valence-electron chi connectivity index (χ3n) is 6.84. The van der Waals surface area contributed by atoms with Gasteiger partial charge in [0.1, 0.15) is 18.1 Å². The smallest absolute Gasteiger partial charge is 0.295 e. The number of ketones is 1. The van der Waals surface area contributed by atoms with Gasteiger partial charge in [-0.05, 0) is 65.6 Å². The van der Waals surface area contributed by atoms with Crippen LogP contribution in [-0.4, -0.2) is 38.9 Å². The summed E-state index contributed by atoms with van der Waals surface area (Å²) < 4.78 is 11.2. The van der Waals surface area contributed by atoms with Crippen molar-refractivity contribution in [2.45, 2.75) is 26.1 Å². The number of aryl methyl sites for hydroxylation is 1. The highest BCUT2D eigenvalue weighted by Gasteiger charge is 2.46. The van der Waals surface area contributed by atoms with Crippen molar-refractivity contribution in [3.63, 3.8) is 0 Å².